The number of halogens is 1. The maximum Gasteiger partial charge on any atom is 0.222 e. The zero-order valence-electron chi connectivity index (χ0n) is 9.28. The number of nitrogens with zero attached hydrogens (tertiary/aromatic N) is 3. The van der Waals surface area contributed by atoms with Crippen molar-refractivity contribution < 1.29 is 4.79 Å². The van der Waals surface area contributed by atoms with Crippen molar-refractivity contribution in [2.24, 2.45) is 0 Å². The second kappa shape index (κ2) is 10.4. The van der Waals surface area contributed by atoms with Gasteiger partial charge in [-0.25, -0.2) is 0 Å². The van der Waals surface area contributed by atoms with E-state index in [-0.39, 0.29) is 5.91 Å². The summed E-state index contributed by atoms with van der Waals surface area (Å²) in [7, 11) is 0. The molecule has 0 aromatic heterocycles. The van der Waals surface area contributed by atoms with Crippen LogP contribution in [0.1, 0.15) is 32.1 Å². The van der Waals surface area contributed by atoms with E-state index >= 15 is 0 Å². The zero-order valence-corrected chi connectivity index (χ0v) is 10.9. The summed E-state index contributed by atoms with van der Waals surface area (Å²) in [5.74, 6) is 0.0476. The standard InChI is InChI=1S/C11H16BrN3O/c12-6-2-1-5-11(16)15(9-3-7-13)10-4-8-14/h1-6,9-10H2. The van der Waals surface area contributed by atoms with Crippen LogP contribution in [0.5, 0.6) is 0 Å². The van der Waals surface area contributed by atoms with Crippen LogP contribution in [0.4, 0.5) is 0 Å². The van der Waals surface area contributed by atoms with E-state index in [0.717, 1.165) is 18.2 Å². The second-order valence-electron chi connectivity index (χ2n) is 3.34. The number of carbonyl (C=O) groups excluding carboxylic acids is 1. The van der Waals surface area contributed by atoms with E-state index in [4.69, 9.17) is 10.5 Å². The number of unbranched alkanes of at least 4 members (excludes halogenated alkanes) is 1. The van der Waals surface area contributed by atoms with E-state index < -0.39 is 0 Å². The van der Waals surface area contributed by atoms with E-state index in [2.05, 4.69) is 15.9 Å². The highest BCUT2D eigenvalue weighted by Crippen LogP contribution is 2.04. The molecule has 0 fully saturated rings. The molecular formula is C11H16BrN3O. The molecule has 0 aliphatic carbocycles. The van der Waals surface area contributed by atoms with Gasteiger partial charge in [-0.3, -0.25) is 4.79 Å². The molecule has 0 aliphatic heterocycles. The Bertz CT molecular complexity index is 262. The second-order valence-corrected chi connectivity index (χ2v) is 4.14. The first-order chi connectivity index (χ1) is 7.76. The Morgan fingerprint density at radius 3 is 2.12 bits per heavy atom. The van der Waals surface area contributed by atoms with Gasteiger partial charge in [0.15, 0.2) is 0 Å². The predicted molar refractivity (Wildman–Crippen MR) is 64.7 cm³/mol. The molecule has 0 saturated heterocycles. The molecule has 0 aromatic carbocycles. The van der Waals surface area contributed by atoms with Crippen LogP contribution in [-0.2, 0) is 4.79 Å². The lowest BCUT2D eigenvalue weighted by Crippen LogP contribution is -2.32. The van der Waals surface area contributed by atoms with Crippen molar-refractivity contribution >= 4 is 21.8 Å². The Morgan fingerprint density at radius 1 is 1.12 bits per heavy atom. The highest BCUT2D eigenvalue weighted by molar-refractivity contribution is 9.09. The smallest absolute Gasteiger partial charge is 0.222 e. The van der Waals surface area contributed by atoms with Crippen molar-refractivity contribution in [1.82, 2.24) is 4.90 Å². The zero-order chi connectivity index (χ0) is 12.2. The number of alkyl halides is 1. The first-order valence-electron chi connectivity index (χ1n) is 5.34. The minimum atomic E-state index is 0.0476. The Balaban J connectivity index is 4.00. The molecule has 0 heterocycles. The van der Waals surface area contributed by atoms with Crippen LogP contribution in [0.15, 0.2) is 0 Å². The number of rotatable bonds is 8. The molecule has 0 spiro atoms. The highest BCUT2D eigenvalue weighted by Gasteiger charge is 2.11. The highest BCUT2D eigenvalue weighted by atomic mass is 79.9. The molecule has 0 radical (unpaired) electrons. The van der Waals surface area contributed by atoms with Gasteiger partial charge in [0.05, 0.1) is 25.0 Å². The third-order valence-electron chi connectivity index (χ3n) is 2.11. The molecule has 16 heavy (non-hydrogen) atoms. The SMILES string of the molecule is N#CCCN(CCC#N)C(=O)CCCCBr. The van der Waals surface area contributed by atoms with Crippen LogP contribution >= 0.6 is 15.9 Å². The summed E-state index contributed by atoms with van der Waals surface area (Å²) in [6, 6.07) is 4.02. The Hall–Kier alpha value is -1.07. The Morgan fingerprint density at radius 2 is 1.69 bits per heavy atom. The largest absolute Gasteiger partial charge is 0.341 e. The summed E-state index contributed by atoms with van der Waals surface area (Å²) < 4.78 is 0. The van der Waals surface area contributed by atoms with Crippen LogP contribution in [0.25, 0.3) is 0 Å². The molecule has 0 aliphatic rings. The van der Waals surface area contributed by atoms with Gasteiger partial charge in [-0.2, -0.15) is 10.5 Å². The van der Waals surface area contributed by atoms with Crippen LogP contribution in [0.3, 0.4) is 0 Å². The lowest BCUT2D eigenvalue weighted by Gasteiger charge is -2.20. The number of hydrogen-bond donors (Lipinski definition) is 0. The maximum atomic E-state index is 11.7. The third kappa shape index (κ3) is 7.25. The molecule has 0 N–H and O–H groups in total. The predicted octanol–water partition coefficient (Wildman–Crippen LogP) is 2.21. The van der Waals surface area contributed by atoms with Crippen molar-refractivity contribution in [3.63, 3.8) is 0 Å². The van der Waals surface area contributed by atoms with Crippen molar-refractivity contribution in [2.45, 2.75) is 32.1 Å². The number of amides is 1. The Kier molecular flexibility index (Phi) is 9.75. The molecule has 0 atom stereocenters. The van der Waals surface area contributed by atoms with Crippen LogP contribution in [0.2, 0.25) is 0 Å². The van der Waals surface area contributed by atoms with Gasteiger partial charge in [0.2, 0.25) is 5.91 Å². The van der Waals surface area contributed by atoms with Gasteiger partial charge in [-0.1, -0.05) is 15.9 Å². The quantitative estimate of drug-likeness (QED) is 0.507. The van der Waals surface area contributed by atoms with Gasteiger partial charge in [-0.05, 0) is 12.8 Å². The average molecular weight is 286 g/mol. The van der Waals surface area contributed by atoms with Gasteiger partial charge in [0.25, 0.3) is 0 Å². The number of carbonyl (C=O) groups is 1. The summed E-state index contributed by atoms with van der Waals surface area (Å²) in [5, 5.41) is 17.9. The molecule has 1 amide bonds. The summed E-state index contributed by atoms with van der Waals surface area (Å²) >= 11 is 3.31. The fraction of sp³-hybridized carbons (Fsp3) is 0.727. The molecule has 88 valence electrons. The summed E-state index contributed by atoms with van der Waals surface area (Å²) in [6.45, 7) is 0.872. The van der Waals surface area contributed by atoms with E-state index in [0.29, 0.717) is 32.4 Å². The van der Waals surface area contributed by atoms with Gasteiger partial charge < -0.3 is 4.90 Å². The minimum Gasteiger partial charge on any atom is -0.341 e. The third-order valence-corrected chi connectivity index (χ3v) is 2.67. The van der Waals surface area contributed by atoms with Crippen LogP contribution < -0.4 is 0 Å². The molecule has 0 aromatic rings. The maximum absolute atomic E-state index is 11.7. The van der Waals surface area contributed by atoms with Gasteiger partial charge in [-0.15, -0.1) is 0 Å². The molecular weight excluding hydrogens is 270 g/mol. The van der Waals surface area contributed by atoms with Gasteiger partial charge in [0.1, 0.15) is 0 Å². The molecule has 5 heteroatoms. The minimum absolute atomic E-state index is 0.0476. The summed E-state index contributed by atoms with van der Waals surface area (Å²) in [4.78, 5) is 13.3. The van der Waals surface area contributed by atoms with E-state index in [9.17, 15) is 4.79 Å². The van der Waals surface area contributed by atoms with Crippen molar-refractivity contribution in [3.05, 3.63) is 0 Å². The number of nitriles is 2. The topological polar surface area (TPSA) is 67.9 Å². The molecule has 4 nitrogen and oxygen atoms in total. The van der Waals surface area contributed by atoms with Gasteiger partial charge >= 0.3 is 0 Å². The molecule has 0 unspecified atom stereocenters. The van der Waals surface area contributed by atoms with Crippen molar-refractivity contribution in [2.75, 3.05) is 18.4 Å². The van der Waals surface area contributed by atoms with Gasteiger partial charge in [0, 0.05) is 24.8 Å². The van der Waals surface area contributed by atoms with Crippen LogP contribution in [0, 0.1) is 22.7 Å². The lowest BCUT2D eigenvalue weighted by molar-refractivity contribution is -0.131. The summed E-state index contributed by atoms with van der Waals surface area (Å²) in [5.41, 5.74) is 0. The van der Waals surface area contributed by atoms with E-state index in [1.807, 2.05) is 12.1 Å². The van der Waals surface area contributed by atoms with E-state index in [1.54, 1.807) is 4.90 Å². The fourth-order valence-electron chi connectivity index (χ4n) is 1.26. The summed E-state index contributed by atoms with van der Waals surface area (Å²) in [6.07, 6.45) is 2.98. The molecule has 0 rings (SSSR count). The first kappa shape index (κ1) is 14.9. The van der Waals surface area contributed by atoms with Crippen LogP contribution in [-0.4, -0.2) is 29.2 Å². The number of hydrogen-bond acceptors (Lipinski definition) is 3. The Labute approximate surface area is 105 Å². The normalized spacial score (nSPS) is 9.19. The van der Waals surface area contributed by atoms with Crippen molar-refractivity contribution in [1.29, 1.82) is 10.5 Å². The van der Waals surface area contributed by atoms with Crippen molar-refractivity contribution in [3.8, 4) is 12.1 Å². The molecule has 0 bridgehead atoms. The van der Waals surface area contributed by atoms with E-state index in [1.165, 1.54) is 0 Å². The average Bonchev–Trinajstić information content (AvgIpc) is 2.29. The lowest BCUT2D eigenvalue weighted by atomic mass is 10.2. The monoisotopic (exact) mass is 285 g/mol. The fourth-order valence-corrected chi connectivity index (χ4v) is 1.66. The molecule has 0 saturated carbocycles. The first-order valence-corrected chi connectivity index (χ1v) is 6.46.